The second kappa shape index (κ2) is 10.9. The van der Waals surface area contributed by atoms with Crippen molar-refractivity contribution < 1.29 is 9.90 Å². The van der Waals surface area contributed by atoms with Gasteiger partial charge in [-0.15, -0.1) is 0 Å². The van der Waals surface area contributed by atoms with E-state index in [0.717, 1.165) is 24.2 Å². The minimum absolute atomic E-state index is 0.107. The number of fused-ring (bicyclic) bond motifs is 1. The van der Waals surface area contributed by atoms with Crippen molar-refractivity contribution in [2.24, 2.45) is 0 Å². The molecule has 0 bridgehead atoms. The number of amides is 1. The molecule has 0 spiro atoms. The highest BCUT2D eigenvalue weighted by Gasteiger charge is 2.33. The molecule has 0 unspecified atom stereocenters. The fourth-order valence-electron chi connectivity index (χ4n) is 4.56. The number of anilines is 1. The second-order valence-electron chi connectivity index (χ2n) is 8.95. The Morgan fingerprint density at radius 1 is 1.14 bits per heavy atom. The van der Waals surface area contributed by atoms with E-state index in [0.29, 0.717) is 50.9 Å². The van der Waals surface area contributed by atoms with Crippen LogP contribution in [-0.2, 0) is 11.3 Å². The van der Waals surface area contributed by atoms with Crippen LogP contribution < -0.4 is 10.5 Å². The van der Waals surface area contributed by atoms with Gasteiger partial charge >= 0.3 is 0 Å². The van der Waals surface area contributed by atoms with Crippen molar-refractivity contribution in [3.63, 3.8) is 0 Å². The van der Waals surface area contributed by atoms with Crippen LogP contribution in [0, 0.1) is 6.92 Å². The molecule has 1 N–H and O–H groups in total. The number of halogens is 1. The number of carbonyl (C=O) groups excluding carboxylic acids is 1. The predicted octanol–water partition coefficient (Wildman–Crippen LogP) is 3.17. The molecule has 2 aromatic heterocycles. The SMILES string of the molecule is Cc1cccn2c(=O)c(/C=C3/SC(=S)N(Cc4ccccc4Cl)C3=O)c(N3CCN(CCO)CC3)nc12. The molecular formula is C26H26ClN5O3S2. The number of β-amino-alcohol motifs (C(OH)–C–C–N with tert-alkyl or cyclic N) is 1. The van der Waals surface area contributed by atoms with Gasteiger partial charge in [-0.3, -0.25) is 23.8 Å². The first-order valence-corrected chi connectivity index (χ1v) is 13.6. The fraction of sp³-hybridized carbons (Fsp3) is 0.308. The van der Waals surface area contributed by atoms with Crippen molar-refractivity contribution in [1.82, 2.24) is 19.2 Å². The number of nitrogens with zero attached hydrogens (tertiary/aromatic N) is 5. The van der Waals surface area contributed by atoms with Gasteiger partial charge in [0.15, 0.2) is 0 Å². The second-order valence-corrected chi connectivity index (χ2v) is 11.0. The lowest BCUT2D eigenvalue weighted by molar-refractivity contribution is -0.122. The van der Waals surface area contributed by atoms with Crippen LogP contribution in [0.25, 0.3) is 11.7 Å². The van der Waals surface area contributed by atoms with Gasteiger partial charge in [0.05, 0.1) is 23.6 Å². The van der Waals surface area contributed by atoms with Crippen LogP contribution in [0.5, 0.6) is 0 Å². The van der Waals surface area contributed by atoms with Crippen LogP contribution in [0.4, 0.5) is 5.82 Å². The van der Waals surface area contributed by atoms with E-state index in [4.69, 9.17) is 28.8 Å². The predicted molar refractivity (Wildman–Crippen MR) is 152 cm³/mol. The summed E-state index contributed by atoms with van der Waals surface area (Å²) in [6, 6.07) is 11.1. The monoisotopic (exact) mass is 555 g/mol. The lowest BCUT2D eigenvalue weighted by Gasteiger charge is -2.35. The molecule has 8 nitrogen and oxygen atoms in total. The maximum absolute atomic E-state index is 13.7. The molecule has 2 fully saturated rings. The van der Waals surface area contributed by atoms with Crippen molar-refractivity contribution in [3.05, 3.63) is 79.6 Å². The molecule has 11 heteroatoms. The van der Waals surface area contributed by atoms with Gasteiger partial charge in [-0.1, -0.05) is 59.8 Å². The number of pyridine rings is 1. The number of aliphatic hydroxyl groups excluding tert-OH is 1. The summed E-state index contributed by atoms with van der Waals surface area (Å²) in [5.74, 6) is 0.293. The summed E-state index contributed by atoms with van der Waals surface area (Å²) < 4.78 is 1.94. The van der Waals surface area contributed by atoms with Crippen LogP contribution in [0.15, 0.2) is 52.3 Å². The number of thioether (sulfide) groups is 1. The average molecular weight is 556 g/mol. The van der Waals surface area contributed by atoms with Crippen molar-refractivity contribution >= 4 is 63.3 Å². The van der Waals surface area contributed by atoms with Crippen molar-refractivity contribution in [2.45, 2.75) is 13.5 Å². The number of hydrogen-bond donors (Lipinski definition) is 1. The highest BCUT2D eigenvalue weighted by atomic mass is 35.5. The summed E-state index contributed by atoms with van der Waals surface area (Å²) in [5, 5.41) is 9.86. The van der Waals surface area contributed by atoms with E-state index in [1.807, 2.05) is 37.3 Å². The lowest BCUT2D eigenvalue weighted by atomic mass is 10.2. The smallest absolute Gasteiger partial charge is 0.267 e. The number of aryl methyl sites for hydroxylation is 1. The van der Waals surface area contributed by atoms with Gasteiger partial charge in [0.2, 0.25) is 0 Å². The largest absolute Gasteiger partial charge is 0.395 e. The molecule has 2 aliphatic rings. The van der Waals surface area contributed by atoms with Gasteiger partial charge in [-0.25, -0.2) is 4.98 Å². The molecule has 1 amide bonds. The van der Waals surface area contributed by atoms with Crippen molar-refractivity contribution in [1.29, 1.82) is 0 Å². The quantitative estimate of drug-likeness (QED) is 0.367. The number of piperazine rings is 1. The standard InChI is InChI=1S/C26H26ClN5O3S2/c1-17-5-4-8-31-22(17)28-23(30-11-9-29(10-12-30)13-14-33)19(24(31)34)15-21-25(35)32(26(36)37-21)16-18-6-2-3-7-20(18)27/h2-8,15,33H,9-14,16H2,1H3/b21-15+. The number of thiocarbonyl (C=S) groups is 1. The zero-order chi connectivity index (χ0) is 26.1. The summed E-state index contributed by atoms with van der Waals surface area (Å²) in [6.45, 7) is 5.70. The molecule has 5 rings (SSSR count). The molecule has 2 aliphatic heterocycles. The van der Waals surface area contributed by atoms with Gasteiger partial charge < -0.3 is 10.0 Å². The lowest BCUT2D eigenvalue weighted by Crippen LogP contribution is -2.48. The van der Waals surface area contributed by atoms with Gasteiger partial charge in [-0.05, 0) is 36.3 Å². The van der Waals surface area contributed by atoms with E-state index in [1.165, 1.54) is 21.1 Å². The third kappa shape index (κ3) is 5.17. The Hall–Kier alpha value is -2.76. The van der Waals surface area contributed by atoms with Gasteiger partial charge in [-0.2, -0.15) is 0 Å². The fourth-order valence-corrected chi connectivity index (χ4v) is 5.99. The Morgan fingerprint density at radius 3 is 2.62 bits per heavy atom. The first kappa shape index (κ1) is 25.9. The van der Waals surface area contributed by atoms with E-state index in [2.05, 4.69) is 9.80 Å². The third-order valence-electron chi connectivity index (χ3n) is 6.59. The summed E-state index contributed by atoms with van der Waals surface area (Å²) >= 11 is 13.0. The normalized spacial score (nSPS) is 18.0. The number of benzene rings is 1. The molecule has 2 saturated heterocycles. The maximum atomic E-state index is 13.7. The maximum Gasteiger partial charge on any atom is 0.267 e. The summed E-state index contributed by atoms with van der Waals surface area (Å²) in [4.78, 5) is 38.2. The van der Waals surface area contributed by atoms with Gasteiger partial charge in [0.1, 0.15) is 15.8 Å². The first-order chi connectivity index (χ1) is 17.9. The Kier molecular flexibility index (Phi) is 7.64. The molecule has 192 valence electrons. The molecule has 0 saturated carbocycles. The first-order valence-electron chi connectivity index (χ1n) is 12.0. The summed E-state index contributed by atoms with van der Waals surface area (Å²) in [5.41, 5.74) is 2.39. The van der Waals surface area contributed by atoms with E-state index >= 15 is 0 Å². The zero-order valence-electron chi connectivity index (χ0n) is 20.3. The number of aromatic nitrogens is 2. The molecular weight excluding hydrogens is 530 g/mol. The van der Waals surface area contributed by atoms with Crippen molar-refractivity contribution in [2.75, 3.05) is 44.2 Å². The molecule has 37 heavy (non-hydrogen) atoms. The van der Waals surface area contributed by atoms with Crippen molar-refractivity contribution in [3.8, 4) is 0 Å². The van der Waals surface area contributed by atoms with Crippen LogP contribution >= 0.6 is 35.6 Å². The number of hydrogen-bond acceptors (Lipinski definition) is 8. The Morgan fingerprint density at radius 2 is 1.89 bits per heavy atom. The number of carbonyl (C=O) groups is 1. The Labute approximate surface area is 229 Å². The van der Waals surface area contributed by atoms with Gasteiger partial charge in [0.25, 0.3) is 11.5 Å². The Balaban J connectivity index is 1.54. The molecule has 3 aromatic rings. The number of rotatable bonds is 6. The molecule has 0 radical (unpaired) electrons. The van der Waals surface area contributed by atoms with Crippen LogP contribution in [0.2, 0.25) is 5.02 Å². The third-order valence-corrected chi connectivity index (χ3v) is 8.33. The molecule has 4 heterocycles. The van der Waals surface area contributed by atoms with E-state index in [-0.39, 0.29) is 24.6 Å². The molecule has 0 aliphatic carbocycles. The van der Waals surface area contributed by atoms with Crippen LogP contribution in [-0.4, -0.2) is 73.8 Å². The highest BCUT2D eigenvalue weighted by Crippen LogP contribution is 2.35. The highest BCUT2D eigenvalue weighted by molar-refractivity contribution is 8.26. The molecule has 1 aromatic carbocycles. The van der Waals surface area contributed by atoms with Gasteiger partial charge in [0, 0.05) is 43.9 Å². The van der Waals surface area contributed by atoms with Crippen LogP contribution in [0.1, 0.15) is 16.7 Å². The summed E-state index contributed by atoms with van der Waals surface area (Å²) in [7, 11) is 0. The average Bonchev–Trinajstić information content (AvgIpc) is 3.15. The molecule has 0 atom stereocenters. The van der Waals surface area contributed by atoms with E-state index < -0.39 is 0 Å². The minimum Gasteiger partial charge on any atom is -0.395 e. The Bertz CT molecular complexity index is 1470. The minimum atomic E-state index is -0.262. The zero-order valence-corrected chi connectivity index (χ0v) is 22.7. The summed E-state index contributed by atoms with van der Waals surface area (Å²) in [6.07, 6.45) is 3.33. The van der Waals surface area contributed by atoms with E-state index in [9.17, 15) is 14.7 Å². The van der Waals surface area contributed by atoms with E-state index in [1.54, 1.807) is 18.3 Å². The number of aliphatic hydroxyl groups is 1. The van der Waals surface area contributed by atoms with Crippen LogP contribution in [0.3, 0.4) is 0 Å². The topological polar surface area (TPSA) is 81.4 Å².